The van der Waals surface area contributed by atoms with Crippen LogP contribution in [0.2, 0.25) is 0 Å². The molecule has 4 rings (SSSR count). The zero-order valence-electron chi connectivity index (χ0n) is 13.7. The third-order valence-electron chi connectivity index (χ3n) is 4.10. The average Bonchev–Trinajstić information content (AvgIpc) is 3.19. The van der Waals surface area contributed by atoms with Gasteiger partial charge in [-0.3, -0.25) is 4.79 Å². The monoisotopic (exact) mass is 345 g/mol. The third-order valence-corrected chi connectivity index (χ3v) is 4.10. The number of rotatable bonds is 5. The molecule has 0 aliphatic carbocycles. The van der Waals surface area contributed by atoms with Crippen LogP contribution in [0.15, 0.2) is 60.9 Å². The Hall–Kier alpha value is -3.74. The van der Waals surface area contributed by atoms with Crippen LogP contribution in [-0.2, 0) is 11.2 Å². The molecule has 4 aromatic rings. The van der Waals surface area contributed by atoms with Crippen molar-refractivity contribution < 1.29 is 9.90 Å². The Kier molecular flexibility index (Phi) is 4.03. The van der Waals surface area contributed by atoms with Crippen LogP contribution < -0.4 is 5.32 Å². The standard InChI is InChI=1S/C19H15N5O2/c25-12-20-17-16(22-19(23-18(17)26)24-10-4-9-21-24)11-14-7-3-6-13-5-1-2-8-15(13)14/h1-10,12H,11H2,(H,20,25)(H,22,23,26). The van der Waals surface area contributed by atoms with Crippen molar-refractivity contribution in [2.45, 2.75) is 6.42 Å². The van der Waals surface area contributed by atoms with Crippen LogP contribution in [0, 0.1) is 0 Å². The minimum Gasteiger partial charge on any atom is -0.492 e. The van der Waals surface area contributed by atoms with Crippen molar-refractivity contribution in [3.63, 3.8) is 0 Å². The zero-order valence-corrected chi connectivity index (χ0v) is 13.7. The third kappa shape index (κ3) is 2.86. The summed E-state index contributed by atoms with van der Waals surface area (Å²) in [4.78, 5) is 19.5. The van der Waals surface area contributed by atoms with Crippen molar-refractivity contribution in [1.29, 1.82) is 0 Å². The van der Waals surface area contributed by atoms with Gasteiger partial charge in [-0.1, -0.05) is 42.5 Å². The smallest absolute Gasteiger partial charge is 0.254 e. The molecule has 1 amide bonds. The van der Waals surface area contributed by atoms with Crippen molar-refractivity contribution in [2.24, 2.45) is 0 Å². The van der Waals surface area contributed by atoms with E-state index in [9.17, 15) is 9.90 Å². The first kappa shape index (κ1) is 15.8. The molecular weight excluding hydrogens is 330 g/mol. The summed E-state index contributed by atoms with van der Waals surface area (Å²) in [6.07, 6.45) is 4.20. The predicted molar refractivity (Wildman–Crippen MR) is 97.3 cm³/mol. The Balaban J connectivity index is 1.84. The molecule has 0 unspecified atom stereocenters. The molecular formula is C19H15N5O2. The van der Waals surface area contributed by atoms with Crippen LogP contribution in [0.25, 0.3) is 16.7 Å². The van der Waals surface area contributed by atoms with E-state index in [1.54, 1.807) is 18.5 Å². The lowest BCUT2D eigenvalue weighted by Crippen LogP contribution is -2.09. The van der Waals surface area contributed by atoms with Crippen molar-refractivity contribution in [3.8, 4) is 11.8 Å². The Labute approximate surface area is 149 Å². The lowest BCUT2D eigenvalue weighted by Gasteiger charge is -2.12. The number of hydrogen-bond donors (Lipinski definition) is 2. The quantitative estimate of drug-likeness (QED) is 0.543. The number of fused-ring (bicyclic) bond motifs is 1. The molecule has 0 saturated heterocycles. The summed E-state index contributed by atoms with van der Waals surface area (Å²) in [5.41, 5.74) is 1.73. The molecule has 0 aliphatic heterocycles. The Bertz CT molecular complexity index is 1070. The fourth-order valence-electron chi connectivity index (χ4n) is 2.93. The number of nitrogens with one attached hydrogen (secondary N) is 1. The van der Waals surface area contributed by atoms with Gasteiger partial charge in [-0.15, -0.1) is 0 Å². The lowest BCUT2D eigenvalue weighted by molar-refractivity contribution is -0.105. The summed E-state index contributed by atoms with van der Waals surface area (Å²) >= 11 is 0. The Morgan fingerprint density at radius 1 is 1.08 bits per heavy atom. The molecule has 2 heterocycles. The van der Waals surface area contributed by atoms with Gasteiger partial charge in [0, 0.05) is 18.8 Å². The fraction of sp³-hybridized carbons (Fsp3) is 0.0526. The first-order valence-corrected chi connectivity index (χ1v) is 8.03. The van der Waals surface area contributed by atoms with Gasteiger partial charge >= 0.3 is 0 Å². The lowest BCUT2D eigenvalue weighted by atomic mass is 10.0. The molecule has 2 aromatic heterocycles. The summed E-state index contributed by atoms with van der Waals surface area (Å²) in [6.45, 7) is 0. The van der Waals surface area contributed by atoms with Gasteiger partial charge < -0.3 is 10.4 Å². The summed E-state index contributed by atoms with van der Waals surface area (Å²) in [5.74, 6) is -0.0629. The van der Waals surface area contributed by atoms with Gasteiger partial charge in [0.05, 0.1) is 5.69 Å². The Morgan fingerprint density at radius 2 is 1.92 bits per heavy atom. The molecule has 0 bridgehead atoms. The maximum atomic E-state index is 11.0. The van der Waals surface area contributed by atoms with Crippen molar-refractivity contribution in [1.82, 2.24) is 19.7 Å². The zero-order chi connectivity index (χ0) is 17.9. The van der Waals surface area contributed by atoms with E-state index >= 15 is 0 Å². The van der Waals surface area contributed by atoms with E-state index in [-0.39, 0.29) is 17.5 Å². The number of aromatic nitrogens is 4. The number of hydrogen-bond acceptors (Lipinski definition) is 5. The van der Waals surface area contributed by atoms with Gasteiger partial charge in [0.1, 0.15) is 5.69 Å². The van der Waals surface area contributed by atoms with Crippen LogP contribution in [0.5, 0.6) is 5.88 Å². The molecule has 7 nitrogen and oxygen atoms in total. The molecule has 0 saturated carbocycles. The molecule has 7 heteroatoms. The van der Waals surface area contributed by atoms with Gasteiger partial charge in [-0.25, -0.2) is 9.67 Å². The second kappa shape index (κ2) is 6.64. The van der Waals surface area contributed by atoms with E-state index in [2.05, 4.69) is 20.4 Å². The van der Waals surface area contributed by atoms with Crippen molar-refractivity contribution >= 4 is 22.9 Å². The fourth-order valence-corrected chi connectivity index (χ4v) is 2.93. The maximum Gasteiger partial charge on any atom is 0.254 e. The highest BCUT2D eigenvalue weighted by Crippen LogP contribution is 2.29. The van der Waals surface area contributed by atoms with E-state index in [1.165, 1.54) is 4.68 Å². The summed E-state index contributed by atoms with van der Waals surface area (Å²) < 4.78 is 1.46. The number of aromatic hydroxyl groups is 1. The first-order chi connectivity index (χ1) is 12.8. The van der Waals surface area contributed by atoms with E-state index in [0.717, 1.165) is 16.3 Å². The van der Waals surface area contributed by atoms with Crippen LogP contribution in [0.4, 0.5) is 5.69 Å². The number of benzene rings is 2. The first-order valence-electron chi connectivity index (χ1n) is 8.03. The van der Waals surface area contributed by atoms with Crippen LogP contribution in [0.1, 0.15) is 11.3 Å². The minimum absolute atomic E-state index is 0.198. The minimum atomic E-state index is -0.298. The summed E-state index contributed by atoms with van der Waals surface area (Å²) in [7, 11) is 0. The summed E-state index contributed by atoms with van der Waals surface area (Å²) in [5, 5.41) is 19.1. The highest BCUT2D eigenvalue weighted by molar-refractivity contribution is 5.86. The van der Waals surface area contributed by atoms with E-state index < -0.39 is 0 Å². The molecule has 2 aromatic carbocycles. The molecule has 0 radical (unpaired) electrons. The van der Waals surface area contributed by atoms with Gasteiger partial charge in [0.2, 0.25) is 12.3 Å². The highest BCUT2D eigenvalue weighted by Gasteiger charge is 2.16. The Morgan fingerprint density at radius 3 is 2.73 bits per heavy atom. The molecule has 0 fully saturated rings. The van der Waals surface area contributed by atoms with E-state index in [0.29, 0.717) is 18.5 Å². The molecule has 0 aliphatic rings. The number of amides is 1. The van der Waals surface area contributed by atoms with Gasteiger partial charge in [-0.05, 0) is 22.4 Å². The SMILES string of the molecule is O=CNc1c(O)nc(-n2cccn2)nc1Cc1cccc2ccccc12. The largest absolute Gasteiger partial charge is 0.492 e. The average molecular weight is 345 g/mol. The number of anilines is 1. The predicted octanol–water partition coefficient (Wildman–Crippen LogP) is 2.68. The number of carbonyl (C=O) groups excluding carboxylic acids is 1. The van der Waals surface area contributed by atoms with Crippen molar-refractivity contribution in [3.05, 3.63) is 72.2 Å². The second-order valence-electron chi connectivity index (χ2n) is 5.70. The van der Waals surface area contributed by atoms with Crippen LogP contribution >= 0.6 is 0 Å². The molecule has 128 valence electrons. The molecule has 0 atom stereocenters. The van der Waals surface area contributed by atoms with E-state index in [1.807, 2.05) is 42.5 Å². The van der Waals surface area contributed by atoms with Gasteiger partial charge in [-0.2, -0.15) is 10.1 Å². The molecule has 26 heavy (non-hydrogen) atoms. The topological polar surface area (TPSA) is 92.9 Å². The van der Waals surface area contributed by atoms with Crippen LogP contribution in [0.3, 0.4) is 0 Å². The number of carbonyl (C=O) groups is 1. The normalized spacial score (nSPS) is 10.8. The van der Waals surface area contributed by atoms with Crippen molar-refractivity contribution in [2.75, 3.05) is 5.32 Å². The highest BCUT2D eigenvalue weighted by atomic mass is 16.3. The van der Waals surface area contributed by atoms with E-state index in [4.69, 9.17) is 0 Å². The molecule has 2 N–H and O–H groups in total. The van der Waals surface area contributed by atoms with Gasteiger partial charge in [0.25, 0.3) is 5.95 Å². The second-order valence-corrected chi connectivity index (χ2v) is 5.70. The summed E-state index contributed by atoms with van der Waals surface area (Å²) in [6, 6.07) is 15.8. The van der Waals surface area contributed by atoms with Gasteiger partial charge in [0.15, 0.2) is 0 Å². The molecule has 0 spiro atoms. The number of nitrogens with zero attached hydrogens (tertiary/aromatic N) is 4. The van der Waals surface area contributed by atoms with Crippen LogP contribution in [-0.4, -0.2) is 31.3 Å². The maximum absolute atomic E-state index is 11.0.